The van der Waals surface area contributed by atoms with Crippen molar-refractivity contribution in [2.24, 2.45) is 0 Å². The van der Waals surface area contributed by atoms with Gasteiger partial charge in [-0.05, 0) is 43.3 Å². The summed E-state index contributed by atoms with van der Waals surface area (Å²) < 4.78 is 5.23. The minimum Gasteiger partial charge on any atom is -0.495 e. The maximum absolute atomic E-state index is 12.4. The number of benzene rings is 2. The zero-order valence-corrected chi connectivity index (χ0v) is 14.6. The Morgan fingerprint density at radius 3 is 2.33 bits per heavy atom. The number of para-hydroxylation sites is 2. The van der Waals surface area contributed by atoms with Crippen LogP contribution in [0.5, 0.6) is 5.75 Å². The number of anilines is 2. The van der Waals surface area contributed by atoms with Crippen molar-refractivity contribution in [1.29, 1.82) is 0 Å². The highest BCUT2D eigenvalue weighted by molar-refractivity contribution is 8.00. The Morgan fingerprint density at radius 2 is 1.71 bits per heavy atom. The van der Waals surface area contributed by atoms with E-state index in [9.17, 15) is 9.59 Å². The van der Waals surface area contributed by atoms with Crippen molar-refractivity contribution in [1.82, 2.24) is 0 Å². The van der Waals surface area contributed by atoms with Gasteiger partial charge in [-0.3, -0.25) is 9.59 Å². The largest absolute Gasteiger partial charge is 0.495 e. The van der Waals surface area contributed by atoms with Crippen LogP contribution in [0.1, 0.15) is 13.8 Å². The van der Waals surface area contributed by atoms with Crippen molar-refractivity contribution in [2.45, 2.75) is 24.0 Å². The Kier molecular flexibility index (Phi) is 6.26. The standard InChI is InChI=1S/C18H20N2O3S/c1-12(18(22)20-16-6-4-5-7-17(16)23-3)24-15-10-8-14(9-11-15)19-13(2)21/h4-12H,1-3H3,(H,19,21)(H,20,22)/t12-/m0/s1. The molecule has 0 bridgehead atoms. The van der Waals surface area contributed by atoms with Crippen LogP contribution in [0.4, 0.5) is 11.4 Å². The van der Waals surface area contributed by atoms with Gasteiger partial charge >= 0.3 is 0 Å². The zero-order valence-electron chi connectivity index (χ0n) is 13.8. The number of carbonyl (C=O) groups is 2. The van der Waals surface area contributed by atoms with Crippen molar-refractivity contribution in [2.75, 3.05) is 17.7 Å². The second-order valence-electron chi connectivity index (χ2n) is 5.16. The molecule has 0 fully saturated rings. The Hall–Kier alpha value is -2.47. The van der Waals surface area contributed by atoms with Gasteiger partial charge in [-0.1, -0.05) is 12.1 Å². The fourth-order valence-electron chi connectivity index (χ4n) is 2.06. The molecular formula is C18H20N2O3S. The van der Waals surface area contributed by atoms with E-state index in [1.165, 1.54) is 18.7 Å². The molecule has 0 heterocycles. The minimum absolute atomic E-state index is 0.101. The van der Waals surface area contributed by atoms with E-state index in [-0.39, 0.29) is 17.1 Å². The first-order chi connectivity index (χ1) is 11.5. The SMILES string of the molecule is COc1ccccc1NC(=O)[C@H](C)Sc1ccc(NC(C)=O)cc1. The normalized spacial score (nSPS) is 11.5. The summed E-state index contributed by atoms with van der Waals surface area (Å²) in [6.45, 7) is 3.31. The molecule has 1 atom stereocenters. The van der Waals surface area contributed by atoms with Gasteiger partial charge in [-0.2, -0.15) is 0 Å². The van der Waals surface area contributed by atoms with Crippen LogP contribution in [0.3, 0.4) is 0 Å². The molecule has 6 heteroatoms. The first-order valence-electron chi connectivity index (χ1n) is 7.48. The lowest BCUT2D eigenvalue weighted by atomic mass is 10.3. The predicted octanol–water partition coefficient (Wildman–Crippen LogP) is 3.77. The summed E-state index contributed by atoms with van der Waals surface area (Å²) >= 11 is 1.45. The third kappa shape index (κ3) is 5.03. The molecular weight excluding hydrogens is 324 g/mol. The maximum Gasteiger partial charge on any atom is 0.237 e. The van der Waals surface area contributed by atoms with Gasteiger partial charge in [-0.25, -0.2) is 0 Å². The lowest BCUT2D eigenvalue weighted by Crippen LogP contribution is -2.22. The second kappa shape index (κ2) is 8.40. The van der Waals surface area contributed by atoms with E-state index in [2.05, 4.69) is 10.6 Å². The summed E-state index contributed by atoms with van der Waals surface area (Å²) in [6.07, 6.45) is 0. The highest BCUT2D eigenvalue weighted by atomic mass is 32.2. The van der Waals surface area contributed by atoms with Crippen molar-refractivity contribution in [3.8, 4) is 5.75 Å². The summed E-state index contributed by atoms with van der Waals surface area (Å²) in [5.41, 5.74) is 1.39. The van der Waals surface area contributed by atoms with Gasteiger partial charge in [0.15, 0.2) is 0 Å². The number of methoxy groups -OCH3 is 1. The van der Waals surface area contributed by atoms with Crippen LogP contribution < -0.4 is 15.4 Å². The number of rotatable bonds is 6. The second-order valence-corrected chi connectivity index (χ2v) is 6.57. The van der Waals surface area contributed by atoms with Crippen LogP contribution >= 0.6 is 11.8 Å². The van der Waals surface area contributed by atoms with Crippen LogP contribution in [0.25, 0.3) is 0 Å². The molecule has 0 aliphatic rings. The van der Waals surface area contributed by atoms with Gasteiger partial charge in [0.25, 0.3) is 0 Å². The Bertz CT molecular complexity index is 716. The number of amides is 2. The highest BCUT2D eigenvalue weighted by Gasteiger charge is 2.16. The molecule has 24 heavy (non-hydrogen) atoms. The summed E-state index contributed by atoms with van der Waals surface area (Å²) in [5.74, 6) is 0.415. The van der Waals surface area contributed by atoms with E-state index in [4.69, 9.17) is 4.74 Å². The molecule has 5 nitrogen and oxygen atoms in total. The number of ether oxygens (including phenoxy) is 1. The van der Waals surface area contributed by atoms with E-state index in [0.717, 1.165) is 10.6 Å². The van der Waals surface area contributed by atoms with Gasteiger partial charge in [-0.15, -0.1) is 11.8 Å². The molecule has 0 aromatic heterocycles. The summed E-state index contributed by atoms with van der Waals surface area (Å²) in [5, 5.41) is 5.31. The van der Waals surface area contributed by atoms with Gasteiger partial charge in [0.1, 0.15) is 5.75 Å². The summed E-state index contributed by atoms with van der Waals surface area (Å²) in [4.78, 5) is 24.3. The molecule has 2 aromatic rings. The fraction of sp³-hybridized carbons (Fsp3) is 0.222. The third-order valence-electron chi connectivity index (χ3n) is 3.22. The van der Waals surface area contributed by atoms with Crippen LogP contribution in [0.2, 0.25) is 0 Å². The Balaban J connectivity index is 1.97. The van der Waals surface area contributed by atoms with Crippen LogP contribution in [-0.2, 0) is 9.59 Å². The van der Waals surface area contributed by atoms with E-state index in [1.807, 2.05) is 43.3 Å². The van der Waals surface area contributed by atoms with Crippen LogP contribution in [-0.4, -0.2) is 24.2 Å². The Morgan fingerprint density at radius 1 is 1.04 bits per heavy atom. The van der Waals surface area contributed by atoms with Gasteiger partial charge in [0, 0.05) is 17.5 Å². The number of hydrogen-bond donors (Lipinski definition) is 2. The molecule has 0 radical (unpaired) electrons. The minimum atomic E-state index is -0.276. The first-order valence-corrected chi connectivity index (χ1v) is 8.35. The first kappa shape index (κ1) is 17.9. The number of carbonyl (C=O) groups excluding carboxylic acids is 2. The van der Waals surface area contributed by atoms with Gasteiger partial charge < -0.3 is 15.4 Å². The molecule has 2 amide bonds. The number of nitrogens with one attached hydrogen (secondary N) is 2. The topological polar surface area (TPSA) is 67.4 Å². The lowest BCUT2D eigenvalue weighted by molar-refractivity contribution is -0.115. The molecule has 0 saturated carbocycles. The quantitative estimate of drug-likeness (QED) is 0.783. The molecule has 2 N–H and O–H groups in total. The van der Waals surface area contributed by atoms with E-state index < -0.39 is 0 Å². The van der Waals surface area contributed by atoms with Crippen LogP contribution in [0.15, 0.2) is 53.4 Å². The van der Waals surface area contributed by atoms with Crippen molar-refractivity contribution < 1.29 is 14.3 Å². The average molecular weight is 344 g/mol. The van der Waals surface area contributed by atoms with Crippen molar-refractivity contribution in [3.05, 3.63) is 48.5 Å². The molecule has 0 spiro atoms. The number of hydrogen-bond acceptors (Lipinski definition) is 4. The monoisotopic (exact) mass is 344 g/mol. The average Bonchev–Trinajstić information content (AvgIpc) is 2.56. The number of thioether (sulfide) groups is 1. The van der Waals surface area contributed by atoms with E-state index in [1.54, 1.807) is 19.2 Å². The zero-order chi connectivity index (χ0) is 17.5. The van der Waals surface area contributed by atoms with E-state index >= 15 is 0 Å². The third-order valence-corrected chi connectivity index (χ3v) is 4.33. The highest BCUT2D eigenvalue weighted by Crippen LogP contribution is 2.28. The molecule has 0 unspecified atom stereocenters. The summed E-state index contributed by atoms with van der Waals surface area (Å²) in [7, 11) is 1.57. The molecule has 0 saturated heterocycles. The van der Waals surface area contributed by atoms with Crippen LogP contribution in [0, 0.1) is 0 Å². The van der Waals surface area contributed by atoms with Crippen molar-refractivity contribution >= 4 is 35.0 Å². The maximum atomic E-state index is 12.4. The molecule has 2 aromatic carbocycles. The van der Waals surface area contributed by atoms with E-state index in [0.29, 0.717) is 11.4 Å². The predicted molar refractivity (Wildman–Crippen MR) is 97.7 cm³/mol. The van der Waals surface area contributed by atoms with Gasteiger partial charge in [0.05, 0.1) is 18.0 Å². The Labute approximate surface area is 145 Å². The smallest absolute Gasteiger partial charge is 0.237 e. The molecule has 0 aliphatic carbocycles. The lowest BCUT2D eigenvalue weighted by Gasteiger charge is -2.14. The van der Waals surface area contributed by atoms with Gasteiger partial charge in [0.2, 0.25) is 11.8 Å². The summed E-state index contributed by atoms with van der Waals surface area (Å²) in [6, 6.07) is 14.7. The molecule has 0 aliphatic heterocycles. The van der Waals surface area contributed by atoms with Crippen molar-refractivity contribution in [3.63, 3.8) is 0 Å². The fourth-order valence-corrected chi connectivity index (χ4v) is 2.93. The molecule has 2 rings (SSSR count). The molecule has 126 valence electrons.